The summed E-state index contributed by atoms with van der Waals surface area (Å²) in [6.45, 7) is 2.70. The van der Waals surface area contributed by atoms with Crippen molar-refractivity contribution in [3.8, 4) is 17.2 Å². The van der Waals surface area contributed by atoms with E-state index < -0.39 is 6.10 Å². The lowest BCUT2D eigenvalue weighted by atomic mass is 10.2. The van der Waals surface area contributed by atoms with Gasteiger partial charge in [0, 0.05) is 18.2 Å². The molecule has 1 aromatic carbocycles. The Bertz CT molecular complexity index is 420. The Morgan fingerprint density at radius 2 is 2.00 bits per heavy atom. The molecule has 1 atom stereocenters. The van der Waals surface area contributed by atoms with E-state index >= 15 is 0 Å². The van der Waals surface area contributed by atoms with Gasteiger partial charge in [0.25, 0.3) is 0 Å². The van der Waals surface area contributed by atoms with Crippen LogP contribution in [0.1, 0.15) is 12.5 Å². The van der Waals surface area contributed by atoms with E-state index in [9.17, 15) is 10.2 Å². The summed E-state index contributed by atoms with van der Waals surface area (Å²) >= 11 is 0. The van der Waals surface area contributed by atoms with E-state index in [1.807, 2.05) is 6.92 Å². The third-order valence-electron chi connectivity index (χ3n) is 2.67. The molecular weight excluding hydrogens is 252 g/mol. The van der Waals surface area contributed by atoms with E-state index in [1.54, 1.807) is 12.1 Å². The molecule has 0 amide bonds. The Labute approximate surface area is 111 Å². The molecule has 1 aliphatic heterocycles. The van der Waals surface area contributed by atoms with Crippen LogP contribution in [-0.4, -0.2) is 42.9 Å². The Morgan fingerprint density at radius 1 is 1.26 bits per heavy atom. The maximum atomic E-state index is 9.63. The summed E-state index contributed by atoms with van der Waals surface area (Å²) in [4.78, 5) is 0. The minimum atomic E-state index is -0.711. The highest BCUT2D eigenvalue weighted by atomic mass is 16.7. The van der Waals surface area contributed by atoms with Gasteiger partial charge in [-0.3, -0.25) is 0 Å². The summed E-state index contributed by atoms with van der Waals surface area (Å²) < 4.78 is 21.0. The summed E-state index contributed by atoms with van der Waals surface area (Å²) in [5, 5.41) is 18.9. The Balaban J connectivity index is 1.99. The zero-order chi connectivity index (χ0) is 13.7. The average Bonchev–Trinajstić information content (AvgIpc) is 2.88. The lowest BCUT2D eigenvalue weighted by molar-refractivity contribution is 0.0160. The number of benzene rings is 1. The fourth-order valence-electron chi connectivity index (χ4n) is 1.71. The number of aliphatic hydroxyl groups excluding tert-OH is 2. The molecule has 0 fully saturated rings. The summed E-state index contributed by atoms with van der Waals surface area (Å²) in [6.07, 6.45) is -0.711. The molecule has 1 aliphatic rings. The third-order valence-corrected chi connectivity index (χ3v) is 2.67. The van der Waals surface area contributed by atoms with Gasteiger partial charge in [-0.05, 0) is 13.0 Å². The Kier molecular flexibility index (Phi) is 4.84. The smallest absolute Gasteiger partial charge is 0.231 e. The van der Waals surface area contributed by atoms with E-state index in [0.29, 0.717) is 29.4 Å². The Morgan fingerprint density at radius 3 is 2.68 bits per heavy atom. The van der Waals surface area contributed by atoms with Gasteiger partial charge >= 0.3 is 0 Å². The molecule has 1 unspecified atom stereocenters. The molecule has 2 N–H and O–H groups in total. The lowest BCUT2D eigenvalue weighted by Crippen LogP contribution is -2.23. The van der Waals surface area contributed by atoms with Crippen LogP contribution in [0.5, 0.6) is 17.2 Å². The molecule has 6 heteroatoms. The van der Waals surface area contributed by atoms with E-state index in [-0.39, 0.29) is 26.6 Å². The number of aliphatic hydroxyl groups is 2. The average molecular weight is 270 g/mol. The van der Waals surface area contributed by atoms with Crippen LogP contribution in [0.3, 0.4) is 0 Å². The van der Waals surface area contributed by atoms with Crippen LogP contribution in [0.2, 0.25) is 0 Å². The molecular formula is C13H18O6. The van der Waals surface area contributed by atoms with Gasteiger partial charge in [0.05, 0.1) is 13.2 Å². The quantitative estimate of drug-likeness (QED) is 0.759. The number of rotatable bonds is 7. The Hall–Kier alpha value is -1.50. The highest BCUT2D eigenvalue weighted by molar-refractivity contribution is 5.51. The third kappa shape index (κ3) is 3.50. The van der Waals surface area contributed by atoms with E-state index in [1.165, 1.54) is 0 Å². The predicted octanol–water partition coefficient (Wildman–Crippen LogP) is 0.684. The second-order valence-electron chi connectivity index (χ2n) is 4.10. The van der Waals surface area contributed by atoms with Crippen LogP contribution < -0.4 is 14.2 Å². The lowest BCUT2D eigenvalue weighted by Gasteiger charge is -2.14. The van der Waals surface area contributed by atoms with Crippen LogP contribution in [0, 0.1) is 0 Å². The number of fused-ring (bicyclic) bond motifs is 1. The molecule has 0 bridgehead atoms. The second kappa shape index (κ2) is 6.60. The summed E-state index contributed by atoms with van der Waals surface area (Å²) in [5.74, 6) is 1.64. The van der Waals surface area contributed by atoms with Gasteiger partial charge in [-0.25, -0.2) is 0 Å². The van der Waals surface area contributed by atoms with Gasteiger partial charge in [0.2, 0.25) is 6.79 Å². The van der Waals surface area contributed by atoms with Crippen molar-refractivity contribution in [2.24, 2.45) is 0 Å². The molecule has 1 heterocycles. The van der Waals surface area contributed by atoms with E-state index in [4.69, 9.17) is 18.9 Å². The van der Waals surface area contributed by atoms with Gasteiger partial charge in [0.1, 0.15) is 18.5 Å². The van der Waals surface area contributed by atoms with Crippen molar-refractivity contribution in [2.45, 2.75) is 19.6 Å². The number of hydrogen-bond donors (Lipinski definition) is 2. The van der Waals surface area contributed by atoms with Crippen LogP contribution in [0.4, 0.5) is 0 Å². The monoisotopic (exact) mass is 270 g/mol. The molecule has 2 rings (SSSR count). The molecule has 1 aromatic rings. The zero-order valence-corrected chi connectivity index (χ0v) is 10.8. The highest BCUT2D eigenvalue weighted by Crippen LogP contribution is 2.38. The standard InChI is InChI=1S/C13H18O6/c1-2-16-6-10(15)7-17-11-4-13-12(18-8-19-13)3-9(11)5-14/h3-4,10,14-15H,2,5-8H2,1H3. The normalized spacial score (nSPS) is 14.5. The van der Waals surface area contributed by atoms with Gasteiger partial charge in [-0.15, -0.1) is 0 Å². The van der Waals surface area contributed by atoms with E-state index in [2.05, 4.69) is 0 Å². The van der Waals surface area contributed by atoms with Crippen molar-refractivity contribution in [3.63, 3.8) is 0 Å². The predicted molar refractivity (Wildman–Crippen MR) is 66.5 cm³/mol. The first kappa shape index (κ1) is 13.9. The molecule has 0 spiro atoms. The summed E-state index contributed by atoms with van der Waals surface area (Å²) in [6, 6.07) is 3.33. The van der Waals surface area contributed by atoms with Crippen LogP contribution in [0.25, 0.3) is 0 Å². The van der Waals surface area contributed by atoms with Gasteiger partial charge in [-0.1, -0.05) is 0 Å². The molecule has 0 radical (unpaired) electrons. The van der Waals surface area contributed by atoms with Crippen LogP contribution >= 0.6 is 0 Å². The van der Waals surface area contributed by atoms with Gasteiger partial charge in [-0.2, -0.15) is 0 Å². The fourth-order valence-corrected chi connectivity index (χ4v) is 1.71. The van der Waals surface area contributed by atoms with Crippen molar-refractivity contribution >= 4 is 0 Å². The maximum Gasteiger partial charge on any atom is 0.231 e. The second-order valence-corrected chi connectivity index (χ2v) is 4.10. The largest absolute Gasteiger partial charge is 0.490 e. The molecule has 0 aromatic heterocycles. The summed E-state index contributed by atoms with van der Waals surface area (Å²) in [5.41, 5.74) is 0.591. The van der Waals surface area contributed by atoms with Gasteiger partial charge in [0.15, 0.2) is 11.5 Å². The SMILES string of the molecule is CCOCC(O)COc1cc2c(cc1CO)OCO2. The molecule has 0 saturated carbocycles. The first-order valence-electron chi connectivity index (χ1n) is 6.16. The molecule has 0 saturated heterocycles. The van der Waals surface area contributed by atoms with Crippen LogP contribution in [0.15, 0.2) is 12.1 Å². The summed E-state index contributed by atoms with van der Waals surface area (Å²) in [7, 11) is 0. The molecule has 0 aliphatic carbocycles. The first-order chi connectivity index (χ1) is 9.24. The highest BCUT2D eigenvalue weighted by Gasteiger charge is 2.18. The van der Waals surface area contributed by atoms with E-state index in [0.717, 1.165) is 0 Å². The van der Waals surface area contributed by atoms with Crippen molar-refractivity contribution in [1.29, 1.82) is 0 Å². The van der Waals surface area contributed by atoms with Crippen molar-refractivity contribution in [3.05, 3.63) is 17.7 Å². The maximum absolute atomic E-state index is 9.63. The zero-order valence-electron chi connectivity index (χ0n) is 10.8. The first-order valence-corrected chi connectivity index (χ1v) is 6.16. The van der Waals surface area contributed by atoms with Crippen molar-refractivity contribution in [1.82, 2.24) is 0 Å². The minimum absolute atomic E-state index is 0.0899. The minimum Gasteiger partial charge on any atom is -0.490 e. The number of ether oxygens (including phenoxy) is 4. The fraction of sp³-hybridized carbons (Fsp3) is 0.538. The van der Waals surface area contributed by atoms with Gasteiger partial charge < -0.3 is 29.2 Å². The molecule has 6 nitrogen and oxygen atoms in total. The van der Waals surface area contributed by atoms with Crippen molar-refractivity contribution in [2.75, 3.05) is 26.6 Å². The number of hydrogen-bond acceptors (Lipinski definition) is 6. The molecule has 106 valence electrons. The molecule has 19 heavy (non-hydrogen) atoms. The topological polar surface area (TPSA) is 77.4 Å². The van der Waals surface area contributed by atoms with Crippen LogP contribution in [-0.2, 0) is 11.3 Å². The van der Waals surface area contributed by atoms with Crippen molar-refractivity contribution < 1.29 is 29.2 Å².